The highest BCUT2D eigenvalue weighted by atomic mass is 35.5. The summed E-state index contributed by atoms with van der Waals surface area (Å²) >= 11 is 18.0. The van der Waals surface area contributed by atoms with Gasteiger partial charge in [-0.25, -0.2) is 4.39 Å². The van der Waals surface area contributed by atoms with Crippen molar-refractivity contribution >= 4 is 46.5 Å². The summed E-state index contributed by atoms with van der Waals surface area (Å²) in [7, 11) is 0. The van der Waals surface area contributed by atoms with Gasteiger partial charge in [-0.2, -0.15) is 10.2 Å². The Morgan fingerprint density at radius 3 is 2.67 bits per heavy atom. The topological polar surface area (TPSA) is 64.7 Å². The highest BCUT2D eigenvalue weighted by Gasteiger charge is 2.18. The minimum Gasteiger partial charge on any atom is -0.308 e. The maximum absolute atomic E-state index is 13.9. The van der Waals surface area contributed by atoms with E-state index < -0.39 is 11.7 Å². The van der Waals surface area contributed by atoms with Gasteiger partial charge < -0.3 is 5.32 Å². The van der Waals surface area contributed by atoms with Crippen LogP contribution in [-0.2, 0) is 17.9 Å². The highest BCUT2D eigenvalue weighted by molar-refractivity contribution is 6.33. The molecule has 3 aromatic rings. The van der Waals surface area contributed by atoms with Crippen LogP contribution < -0.4 is 5.32 Å². The summed E-state index contributed by atoms with van der Waals surface area (Å²) in [5.74, 6) is -0.924. The molecule has 1 unspecified atom stereocenters. The lowest BCUT2D eigenvalue weighted by atomic mass is 10.1. The van der Waals surface area contributed by atoms with Crippen LogP contribution in [0, 0.1) is 11.7 Å². The van der Waals surface area contributed by atoms with Gasteiger partial charge in [0, 0.05) is 23.0 Å². The monoisotopic (exact) mass is 429 g/mol. The molecular formula is C17H15Cl3FN5O. The Morgan fingerprint density at radius 1 is 1.22 bits per heavy atom. The first-order valence-electron chi connectivity index (χ1n) is 7.98. The Morgan fingerprint density at radius 2 is 2.00 bits per heavy atom. The van der Waals surface area contributed by atoms with Crippen molar-refractivity contribution in [1.82, 2.24) is 19.6 Å². The second kappa shape index (κ2) is 8.29. The molecule has 0 radical (unpaired) electrons. The van der Waals surface area contributed by atoms with Crippen LogP contribution in [0.3, 0.4) is 0 Å². The van der Waals surface area contributed by atoms with E-state index in [1.807, 2.05) is 0 Å². The first-order valence-corrected chi connectivity index (χ1v) is 9.11. The molecule has 0 saturated heterocycles. The predicted octanol–water partition coefficient (Wildman–Crippen LogP) is 4.50. The quantitative estimate of drug-likeness (QED) is 0.626. The highest BCUT2D eigenvalue weighted by Crippen LogP contribution is 2.24. The van der Waals surface area contributed by atoms with Crippen LogP contribution in [-0.4, -0.2) is 25.5 Å². The van der Waals surface area contributed by atoms with E-state index in [0.29, 0.717) is 22.2 Å². The molecule has 1 atom stereocenters. The lowest BCUT2D eigenvalue weighted by Crippen LogP contribution is -2.25. The second-order valence-electron chi connectivity index (χ2n) is 5.99. The summed E-state index contributed by atoms with van der Waals surface area (Å²) in [6.07, 6.45) is 4.63. The Kier molecular flexibility index (Phi) is 6.04. The molecule has 0 aliphatic carbocycles. The molecular weight excluding hydrogens is 416 g/mol. The molecule has 142 valence electrons. The Bertz CT molecular complexity index is 951. The van der Waals surface area contributed by atoms with Gasteiger partial charge in [-0.3, -0.25) is 14.2 Å². The van der Waals surface area contributed by atoms with Crippen molar-refractivity contribution in [2.75, 3.05) is 5.32 Å². The van der Waals surface area contributed by atoms with E-state index in [2.05, 4.69) is 15.5 Å². The summed E-state index contributed by atoms with van der Waals surface area (Å²) in [5.41, 5.74) is 0.292. The van der Waals surface area contributed by atoms with E-state index in [9.17, 15) is 9.18 Å². The average Bonchev–Trinajstić information content (AvgIpc) is 3.16. The fourth-order valence-corrected chi connectivity index (χ4v) is 3.03. The standard InChI is InChI=1S/C17H15Cl3FN5O/c1-10(6-25-7-11(18)5-22-25)17(27)23-16-14(20)9-26(24-16)8-12-13(19)3-2-4-15(12)21/h2-5,7,9-10H,6,8H2,1H3,(H,23,24,27). The number of carbonyl (C=O) groups excluding carboxylic acids is 1. The van der Waals surface area contributed by atoms with Gasteiger partial charge in [0.2, 0.25) is 5.91 Å². The van der Waals surface area contributed by atoms with Crippen LogP contribution in [0.1, 0.15) is 12.5 Å². The van der Waals surface area contributed by atoms with E-state index in [1.165, 1.54) is 29.2 Å². The minimum atomic E-state index is -0.439. The van der Waals surface area contributed by atoms with Crippen LogP contribution in [0.25, 0.3) is 0 Å². The number of carbonyl (C=O) groups is 1. The van der Waals surface area contributed by atoms with Gasteiger partial charge in [0.25, 0.3) is 0 Å². The van der Waals surface area contributed by atoms with Crippen LogP contribution in [0.2, 0.25) is 15.1 Å². The van der Waals surface area contributed by atoms with E-state index in [-0.39, 0.29) is 23.3 Å². The number of benzene rings is 1. The number of aromatic nitrogens is 4. The Hall–Kier alpha value is -2.09. The molecule has 2 heterocycles. The minimum absolute atomic E-state index is 0.0858. The molecule has 1 aromatic carbocycles. The van der Waals surface area contributed by atoms with E-state index >= 15 is 0 Å². The number of hydrogen-bond donors (Lipinski definition) is 1. The predicted molar refractivity (Wildman–Crippen MR) is 103 cm³/mol. The third-order valence-corrected chi connectivity index (χ3v) is 4.68. The molecule has 3 rings (SSSR count). The van der Waals surface area contributed by atoms with Crippen LogP contribution in [0.4, 0.5) is 10.2 Å². The van der Waals surface area contributed by atoms with E-state index in [1.54, 1.807) is 23.9 Å². The number of anilines is 1. The molecule has 0 fully saturated rings. The molecule has 0 spiro atoms. The summed E-state index contributed by atoms with van der Waals surface area (Å²) < 4.78 is 16.9. The third kappa shape index (κ3) is 4.80. The van der Waals surface area contributed by atoms with Gasteiger partial charge in [-0.15, -0.1) is 0 Å². The largest absolute Gasteiger partial charge is 0.308 e. The molecule has 27 heavy (non-hydrogen) atoms. The zero-order valence-electron chi connectivity index (χ0n) is 14.2. The maximum Gasteiger partial charge on any atom is 0.230 e. The van der Waals surface area contributed by atoms with Gasteiger partial charge >= 0.3 is 0 Å². The zero-order valence-corrected chi connectivity index (χ0v) is 16.4. The molecule has 2 aromatic heterocycles. The Labute approximate surface area is 169 Å². The first kappa shape index (κ1) is 19.7. The maximum atomic E-state index is 13.9. The van der Waals surface area contributed by atoms with Crippen LogP contribution in [0.5, 0.6) is 0 Å². The first-order chi connectivity index (χ1) is 12.8. The van der Waals surface area contributed by atoms with Gasteiger partial charge in [0.15, 0.2) is 5.82 Å². The molecule has 6 nitrogen and oxygen atoms in total. The van der Waals surface area contributed by atoms with Crippen LogP contribution in [0.15, 0.2) is 36.8 Å². The van der Waals surface area contributed by atoms with E-state index in [0.717, 1.165) is 0 Å². The number of hydrogen-bond acceptors (Lipinski definition) is 3. The third-order valence-electron chi connectivity index (χ3n) is 3.85. The average molecular weight is 431 g/mol. The fraction of sp³-hybridized carbons (Fsp3) is 0.235. The van der Waals surface area contributed by atoms with Crippen molar-refractivity contribution in [2.24, 2.45) is 5.92 Å². The molecule has 10 heteroatoms. The summed E-state index contributed by atoms with van der Waals surface area (Å²) in [6, 6.07) is 4.44. The summed E-state index contributed by atoms with van der Waals surface area (Å²) in [6.45, 7) is 2.18. The van der Waals surface area contributed by atoms with E-state index in [4.69, 9.17) is 34.8 Å². The van der Waals surface area contributed by atoms with Gasteiger partial charge in [0.05, 0.1) is 30.2 Å². The number of amides is 1. The SMILES string of the molecule is CC(Cn1cc(Cl)cn1)C(=O)Nc1nn(Cc2c(F)cccc2Cl)cc1Cl. The van der Waals surface area contributed by atoms with Crippen molar-refractivity contribution in [3.63, 3.8) is 0 Å². The van der Waals surface area contributed by atoms with Crippen molar-refractivity contribution in [3.05, 3.63) is 63.2 Å². The number of halogens is 4. The molecule has 1 N–H and O–H groups in total. The number of rotatable bonds is 6. The molecule has 0 bridgehead atoms. The molecule has 0 aliphatic heterocycles. The van der Waals surface area contributed by atoms with Crippen molar-refractivity contribution < 1.29 is 9.18 Å². The van der Waals surface area contributed by atoms with Crippen molar-refractivity contribution in [3.8, 4) is 0 Å². The molecule has 0 aliphatic rings. The molecule has 0 saturated carbocycles. The Balaban J connectivity index is 1.68. The van der Waals surface area contributed by atoms with Gasteiger partial charge in [-0.05, 0) is 12.1 Å². The lowest BCUT2D eigenvalue weighted by Gasteiger charge is -2.11. The number of nitrogens with one attached hydrogen (secondary N) is 1. The second-order valence-corrected chi connectivity index (χ2v) is 7.25. The molecule has 1 amide bonds. The van der Waals surface area contributed by atoms with Gasteiger partial charge in [0.1, 0.15) is 10.8 Å². The van der Waals surface area contributed by atoms with Crippen molar-refractivity contribution in [2.45, 2.75) is 20.0 Å². The zero-order chi connectivity index (χ0) is 19.6. The van der Waals surface area contributed by atoms with Crippen LogP contribution >= 0.6 is 34.8 Å². The van der Waals surface area contributed by atoms with Gasteiger partial charge in [-0.1, -0.05) is 47.8 Å². The summed E-state index contributed by atoms with van der Waals surface area (Å²) in [4.78, 5) is 12.4. The smallest absolute Gasteiger partial charge is 0.230 e. The van der Waals surface area contributed by atoms with Crippen molar-refractivity contribution in [1.29, 1.82) is 0 Å². The fourth-order valence-electron chi connectivity index (χ4n) is 2.45. The summed E-state index contributed by atoms with van der Waals surface area (Å²) in [5, 5.41) is 11.9. The normalized spacial score (nSPS) is 12.2. The lowest BCUT2D eigenvalue weighted by molar-refractivity contribution is -0.119. The number of nitrogens with zero attached hydrogens (tertiary/aromatic N) is 4.